The average molecular weight is 419 g/mol. The molecule has 1 atom stereocenters. The third-order valence-electron chi connectivity index (χ3n) is 5.20. The lowest BCUT2D eigenvalue weighted by Crippen LogP contribution is -2.42. The number of esters is 1. The minimum Gasteiger partial charge on any atom is -0.461 e. The van der Waals surface area contributed by atoms with Crippen molar-refractivity contribution in [3.05, 3.63) is 60.3 Å². The number of urea groups is 1. The van der Waals surface area contributed by atoms with Crippen LogP contribution in [0.2, 0.25) is 0 Å². The van der Waals surface area contributed by atoms with Gasteiger partial charge >= 0.3 is 12.0 Å². The van der Waals surface area contributed by atoms with Crippen molar-refractivity contribution in [3.8, 4) is 0 Å². The molecule has 1 aliphatic heterocycles. The number of fused-ring (bicyclic) bond motifs is 1. The van der Waals surface area contributed by atoms with E-state index in [0.29, 0.717) is 23.4 Å². The first kappa shape index (κ1) is 20.6. The number of benzene rings is 2. The maximum absolute atomic E-state index is 12.6. The molecule has 1 aromatic heterocycles. The van der Waals surface area contributed by atoms with E-state index in [1.54, 1.807) is 6.92 Å². The Hall–Kier alpha value is -3.68. The molecule has 3 aromatic rings. The SMILES string of the molecule is CCOC(=O)c1nc2ccccc2nc1N1CCCC1CNC(=O)Nc1ccccc1. The average Bonchev–Trinajstić information content (AvgIpc) is 3.26. The summed E-state index contributed by atoms with van der Waals surface area (Å²) in [6.45, 7) is 3.18. The van der Waals surface area contributed by atoms with Gasteiger partial charge in [-0.3, -0.25) is 0 Å². The number of hydrogen-bond donors (Lipinski definition) is 2. The van der Waals surface area contributed by atoms with Crippen LogP contribution in [0.5, 0.6) is 0 Å². The quantitative estimate of drug-likeness (QED) is 0.593. The van der Waals surface area contributed by atoms with E-state index in [1.165, 1.54) is 0 Å². The Morgan fingerprint density at radius 1 is 1.06 bits per heavy atom. The summed E-state index contributed by atoms with van der Waals surface area (Å²) in [6, 6.07) is 16.5. The fourth-order valence-corrected chi connectivity index (χ4v) is 3.76. The predicted molar refractivity (Wildman–Crippen MR) is 119 cm³/mol. The number of nitrogens with zero attached hydrogens (tertiary/aromatic N) is 3. The van der Waals surface area contributed by atoms with Crippen LogP contribution in [0.4, 0.5) is 16.3 Å². The van der Waals surface area contributed by atoms with Crippen molar-refractivity contribution in [2.24, 2.45) is 0 Å². The van der Waals surface area contributed by atoms with Crippen molar-refractivity contribution in [2.45, 2.75) is 25.8 Å². The number of amides is 2. The van der Waals surface area contributed by atoms with Crippen LogP contribution in [0.25, 0.3) is 11.0 Å². The molecule has 0 bridgehead atoms. The van der Waals surface area contributed by atoms with Crippen molar-refractivity contribution in [1.29, 1.82) is 0 Å². The molecule has 4 rings (SSSR count). The summed E-state index contributed by atoms with van der Waals surface area (Å²) in [4.78, 5) is 36.3. The van der Waals surface area contributed by atoms with Crippen molar-refractivity contribution in [1.82, 2.24) is 15.3 Å². The van der Waals surface area contributed by atoms with E-state index in [-0.39, 0.29) is 24.4 Å². The highest BCUT2D eigenvalue weighted by molar-refractivity contribution is 5.95. The van der Waals surface area contributed by atoms with Gasteiger partial charge in [-0.15, -0.1) is 0 Å². The molecule has 0 saturated carbocycles. The van der Waals surface area contributed by atoms with Crippen LogP contribution in [0.15, 0.2) is 54.6 Å². The first-order valence-corrected chi connectivity index (χ1v) is 10.5. The Balaban J connectivity index is 1.54. The maximum Gasteiger partial charge on any atom is 0.360 e. The van der Waals surface area contributed by atoms with Gasteiger partial charge in [-0.1, -0.05) is 30.3 Å². The Labute approximate surface area is 180 Å². The topological polar surface area (TPSA) is 96.4 Å². The van der Waals surface area contributed by atoms with Crippen molar-refractivity contribution in [2.75, 3.05) is 29.9 Å². The van der Waals surface area contributed by atoms with E-state index in [9.17, 15) is 9.59 Å². The molecule has 1 saturated heterocycles. The molecule has 0 radical (unpaired) electrons. The van der Waals surface area contributed by atoms with Crippen molar-refractivity contribution >= 4 is 34.5 Å². The van der Waals surface area contributed by atoms with Crippen LogP contribution < -0.4 is 15.5 Å². The number of anilines is 2. The Kier molecular flexibility index (Phi) is 6.26. The fourth-order valence-electron chi connectivity index (χ4n) is 3.76. The van der Waals surface area contributed by atoms with Gasteiger partial charge in [0.15, 0.2) is 11.5 Å². The number of aromatic nitrogens is 2. The van der Waals surface area contributed by atoms with Gasteiger partial charge in [-0.2, -0.15) is 0 Å². The van der Waals surface area contributed by atoms with Crippen LogP contribution in [0.1, 0.15) is 30.3 Å². The number of ether oxygens (including phenoxy) is 1. The van der Waals surface area contributed by atoms with E-state index in [1.807, 2.05) is 54.6 Å². The molecule has 0 spiro atoms. The second kappa shape index (κ2) is 9.42. The summed E-state index contributed by atoms with van der Waals surface area (Å²) >= 11 is 0. The number of para-hydroxylation sites is 3. The van der Waals surface area contributed by atoms with E-state index >= 15 is 0 Å². The molecule has 0 aliphatic carbocycles. The zero-order valence-electron chi connectivity index (χ0n) is 17.4. The summed E-state index contributed by atoms with van der Waals surface area (Å²) in [7, 11) is 0. The van der Waals surface area contributed by atoms with Gasteiger partial charge in [0, 0.05) is 24.8 Å². The number of rotatable bonds is 6. The monoisotopic (exact) mass is 419 g/mol. The molecule has 160 valence electrons. The third-order valence-corrected chi connectivity index (χ3v) is 5.20. The lowest BCUT2D eigenvalue weighted by atomic mass is 10.2. The Morgan fingerprint density at radius 3 is 2.52 bits per heavy atom. The molecule has 8 nitrogen and oxygen atoms in total. The molecule has 8 heteroatoms. The van der Waals surface area contributed by atoms with Gasteiger partial charge in [0.1, 0.15) is 0 Å². The van der Waals surface area contributed by atoms with Crippen LogP contribution in [0.3, 0.4) is 0 Å². The Bertz CT molecular complexity index is 1070. The molecular formula is C23H25N5O3. The standard InChI is InChI=1S/C23H25N5O3/c1-2-31-22(29)20-21(27-19-13-7-6-12-18(19)26-20)28-14-8-11-17(28)15-24-23(30)25-16-9-4-3-5-10-16/h3-7,9-10,12-13,17H,2,8,11,14-15H2,1H3,(H2,24,25,30). The van der Waals surface area contributed by atoms with Gasteiger partial charge in [0.05, 0.1) is 17.6 Å². The predicted octanol–water partition coefficient (Wildman–Crippen LogP) is 3.60. The minimum atomic E-state index is -0.490. The fraction of sp³-hybridized carbons (Fsp3) is 0.304. The largest absolute Gasteiger partial charge is 0.461 e. The summed E-state index contributed by atoms with van der Waals surface area (Å²) in [5.41, 5.74) is 2.30. The highest BCUT2D eigenvalue weighted by Gasteiger charge is 2.31. The van der Waals surface area contributed by atoms with Crippen LogP contribution in [-0.2, 0) is 4.74 Å². The normalized spacial score (nSPS) is 15.6. The van der Waals surface area contributed by atoms with Gasteiger partial charge in [-0.25, -0.2) is 19.6 Å². The molecule has 2 aromatic carbocycles. The van der Waals surface area contributed by atoms with E-state index < -0.39 is 5.97 Å². The second-order valence-corrected chi connectivity index (χ2v) is 7.30. The van der Waals surface area contributed by atoms with Crippen molar-refractivity contribution < 1.29 is 14.3 Å². The summed E-state index contributed by atoms with van der Waals surface area (Å²) in [5.74, 6) is 0.0149. The van der Waals surface area contributed by atoms with Crippen LogP contribution in [-0.4, -0.2) is 47.7 Å². The van der Waals surface area contributed by atoms with E-state index in [2.05, 4.69) is 20.5 Å². The molecule has 1 aliphatic rings. The first-order valence-electron chi connectivity index (χ1n) is 10.5. The van der Waals surface area contributed by atoms with Crippen LogP contribution >= 0.6 is 0 Å². The second-order valence-electron chi connectivity index (χ2n) is 7.30. The summed E-state index contributed by atoms with van der Waals surface area (Å²) in [5, 5.41) is 5.75. The van der Waals surface area contributed by atoms with Gasteiger partial charge < -0.3 is 20.3 Å². The van der Waals surface area contributed by atoms with Gasteiger partial charge in [-0.05, 0) is 44.0 Å². The van der Waals surface area contributed by atoms with E-state index in [4.69, 9.17) is 9.72 Å². The van der Waals surface area contributed by atoms with Gasteiger partial charge in [0.2, 0.25) is 0 Å². The molecule has 1 unspecified atom stereocenters. The number of carbonyl (C=O) groups excluding carboxylic acids is 2. The maximum atomic E-state index is 12.6. The van der Waals surface area contributed by atoms with Crippen molar-refractivity contribution in [3.63, 3.8) is 0 Å². The first-order chi connectivity index (χ1) is 15.2. The molecular weight excluding hydrogens is 394 g/mol. The highest BCUT2D eigenvalue weighted by atomic mass is 16.5. The minimum absolute atomic E-state index is 0.00478. The van der Waals surface area contributed by atoms with Gasteiger partial charge in [0.25, 0.3) is 0 Å². The molecule has 2 heterocycles. The number of nitrogens with one attached hydrogen (secondary N) is 2. The number of hydrogen-bond acceptors (Lipinski definition) is 6. The number of carbonyl (C=O) groups is 2. The highest BCUT2D eigenvalue weighted by Crippen LogP contribution is 2.28. The lowest BCUT2D eigenvalue weighted by Gasteiger charge is -2.27. The Morgan fingerprint density at radius 2 is 1.77 bits per heavy atom. The summed E-state index contributed by atoms with van der Waals surface area (Å²) in [6.07, 6.45) is 1.81. The molecule has 31 heavy (non-hydrogen) atoms. The molecule has 2 N–H and O–H groups in total. The molecule has 2 amide bonds. The zero-order valence-corrected chi connectivity index (χ0v) is 17.4. The zero-order chi connectivity index (χ0) is 21.6. The lowest BCUT2D eigenvalue weighted by molar-refractivity contribution is 0.0520. The van der Waals surface area contributed by atoms with Crippen LogP contribution in [0, 0.1) is 0 Å². The smallest absolute Gasteiger partial charge is 0.360 e. The third kappa shape index (κ3) is 4.74. The molecule has 1 fully saturated rings. The summed E-state index contributed by atoms with van der Waals surface area (Å²) < 4.78 is 5.23. The van der Waals surface area contributed by atoms with E-state index in [0.717, 1.165) is 25.1 Å².